The number of nitrogens with zero attached hydrogens (tertiary/aromatic N) is 4. The van der Waals surface area contributed by atoms with Crippen LogP contribution in [0, 0.1) is 0 Å². The van der Waals surface area contributed by atoms with Gasteiger partial charge in [-0.05, 0) is 105 Å². The molecular formula is C63H42N4. The molecule has 4 heteroatoms. The van der Waals surface area contributed by atoms with Gasteiger partial charge in [-0.3, -0.25) is 0 Å². The Morgan fingerprint density at radius 1 is 0.358 bits per heavy atom. The SMILES string of the molecule is CC1(C)c2ccccc2-c2cc(-c3nc(-c4ccc(-n5c6ccccc6c6cc(-c7cccc8c7c7ccccc7n8-c7ccccc7)ccc65)cc4)c4ccc5ccccc5c4n3)ccc21. The lowest BCUT2D eigenvalue weighted by atomic mass is 9.82. The van der Waals surface area contributed by atoms with E-state index in [2.05, 4.69) is 241 Å². The molecule has 4 nitrogen and oxygen atoms in total. The van der Waals surface area contributed by atoms with Crippen LogP contribution in [0.3, 0.4) is 0 Å². The summed E-state index contributed by atoms with van der Waals surface area (Å²) in [6.07, 6.45) is 0. The van der Waals surface area contributed by atoms with Crippen molar-refractivity contribution in [3.05, 3.63) is 230 Å². The second-order valence-electron chi connectivity index (χ2n) is 18.5. The van der Waals surface area contributed by atoms with Crippen LogP contribution in [0.25, 0.3) is 122 Å². The van der Waals surface area contributed by atoms with Gasteiger partial charge in [0.2, 0.25) is 0 Å². The number of para-hydroxylation sites is 3. The Morgan fingerprint density at radius 3 is 1.82 bits per heavy atom. The Bertz CT molecular complexity index is 4170. The first-order chi connectivity index (χ1) is 33.0. The monoisotopic (exact) mass is 854 g/mol. The third-order valence-corrected chi connectivity index (χ3v) is 14.5. The Labute approximate surface area is 387 Å². The third kappa shape index (κ3) is 5.54. The number of rotatable bonds is 5. The van der Waals surface area contributed by atoms with E-state index >= 15 is 0 Å². The quantitative estimate of drug-likeness (QED) is 0.162. The van der Waals surface area contributed by atoms with E-state index in [0.717, 1.165) is 55.7 Å². The minimum absolute atomic E-state index is 0.0728. The summed E-state index contributed by atoms with van der Waals surface area (Å²) < 4.78 is 4.79. The number of fused-ring (bicyclic) bond motifs is 12. The van der Waals surface area contributed by atoms with Crippen molar-refractivity contribution in [2.24, 2.45) is 0 Å². The molecule has 14 rings (SSSR count). The zero-order valence-corrected chi connectivity index (χ0v) is 37.1. The van der Waals surface area contributed by atoms with Gasteiger partial charge in [0.05, 0.1) is 33.3 Å². The van der Waals surface area contributed by atoms with Crippen LogP contribution in [0.4, 0.5) is 0 Å². The van der Waals surface area contributed by atoms with Gasteiger partial charge < -0.3 is 9.13 Å². The molecular weight excluding hydrogens is 813 g/mol. The lowest BCUT2D eigenvalue weighted by Crippen LogP contribution is -2.14. The predicted molar refractivity (Wildman–Crippen MR) is 280 cm³/mol. The van der Waals surface area contributed by atoms with Gasteiger partial charge in [-0.2, -0.15) is 0 Å². The van der Waals surface area contributed by atoms with Crippen LogP contribution in [0.1, 0.15) is 25.0 Å². The maximum atomic E-state index is 5.44. The van der Waals surface area contributed by atoms with Crippen molar-refractivity contribution in [2.75, 3.05) is 0 Å². The lowest BCUT2D eigenvalue weighted by Gasteiger charge is -2.21. The van der Waals surface area contributed by atoms with Crippen molar-refractivity contribution >= 4 is 65.3 Å². The molecule has 0 saturated carbocycles. The molecule has 0 bridgehead atoms. The zero-order valence-electron chi connectivity index (χ0n) is 37.1. The van der Waals surface area contributed by atoms with Crippen molar-refractivity contribution < 1.29 is 0 Å². The van der Waals surface area contributed by atoms with Gasteiger partial charge in [0, 0.05) is 60.2 Å². The van der Waals surface area contributed by atoms with Crippen LogP contribution < -0.4 is 0 Å². The largest absolute Gasteiger partial charge is 0.309 e. The fraction of sp³-hybridized carbons (Fsp3) is 0.0476. The molecule has 3 heterocycles. The number of hydrogen-bond acceptors (Lipinski definition) is 2. The Balaban J connectivity index is 0.909. The van der Waals surface area contributed by atoms with Crippen LogP contribution in [-0.4, -0.2) is 19.1 Å². The standard InChI is InChI=1S/C63H42N4/c1-63(2)53-23-11-8-19-47(53)51-38-42(30-35-54(51)63)62-64-60(50-34-29-39-15-6-7-18-46(39)61(50)65-62)40-27-32-44(33-28-40)66-55-24-12-9-20-48(55)52-37-41(31-36-57(52)66)45-22-14-26-58-59(45)49-21-10-13-25-56(49)67(58)43-16-4-3-5-17-43/h3-38H,1-2H3. The van der Waals surface area contributed by atoms with Gasteiger partial charge in [0.1, 0.15) is 0 Å². The average Bonchev–Trinajstić information content (AvgIpc) is 3.99. The molecule has 0 saturated heterocycles. The molecule has 1 aliphatic rings. The van der Waals surface area contributed by atoms with E-state index in [0.29, 0.717) is 0 Å². The van der Waals surface area contributed by atoms with Crippen molar-refractivity contribution in [1.82, 2.24) is 19.1 Å². The molecule has 0 atom stereocenters. The molecule has 0 amide bonds. The maximum absolute atomic E-state index is 5.44. The van der Waals surface area contributed by atoms with Crippen LogP contribution in [0.5, 0.6) is 0 Å². The summed E-state index contributed by atoms with van der Waals surface area (Å²) in [5.41, 5.74) is 18.5. The van der Waals surface area contributed by atoms with Crippen LogP contribution >= 0.6 is 0 Å². The summed E-state index contributed by atoms with van der Waals surface area (Å²) in [5, 5.41) is 8.28. The fourth-order valence-corrected chi connectivity index (χ4v) is 11.4. The smallest absolute Gasteiger partial charge is 0.160 e. The highest BCUT2D eigenvalue weighted by Gasteiger charge is 2.35. The minimum Gasteiger partial charge on any atom is -0.309 e. The summed E-state index contributed by atoms with van der Waals surface area (Å²) in [5.74, 6) is 0.728. The molecule has 3 aromatic heterocycles. The summed E-state index contributed by atoms with van der Waals surface area (Å²) in [6, 6.07) is 79.5. The first-order valence-electron chi connectivity index (χ1n) is 23.2. The van der Waals surface area contributed by atoms with Gasteiger partial charge in [-0.25, -0.2) is 9.97 Å². The molecule has 0 N–H and O–H groups in total. The van der Waals surface area contributed by atoms with E-state index < -0.39 is 0 Å². The van der Waals surface area contributed by atoms with E-state index in [1.165, 1.54) is 77.0 Å². The van der Waals surface area contributed by atoms with Gasteiger partial charge >= 0.3 is 0 Å². The van der Waals surface area contributed by atoms with Gasteiger partial charge in [0.25, 0.3) is 0 Å². The second-order valence-corrected chi connectivity index (χ2v) is 18.5. The zero-order chi connectivity index (χ0) is 44.4. The van der Waals surface area contributed by atoms with E-state index in [1.807, 2.05) is 0 Å². The van der Waals surface area contributed by atoms with Crippen LogP contribution in [0.2, 0.25) is 0 Å². The first kappa shape index (κ1) is 37.7. The first-order valence-corrected chi connectivity index (χ1v) is 23.2. The lowest BCUT2D eigenvalue weighted by molar-refractivity contribution is 0.660. The Kier molecular flexibility index (Phi) is 8.00. The molecule has 67 heavy (non-hydrogen) atoms. The molecule has 10 aromatic carbocycles. The summed E-state index contributed by atoms with van der Waals surface area (Å²) in [6.45, 7) is 4.64. The van der Waals surface area contributed by atoms with Gasteiger partial charge in [-0.15, -0.1) is 0 Å². The number of hydrogen-bond donors (Lipinski definition) is 0. The molecule has 0 fully saturated rings. The topological polar surface area (TPSA) is 35.6 Å². The highest BCUT2D eigenvalue weighted by Crippen LogP contribution is 2.50. The van der Waals surface area contributed by atoms with E-state index in [9.17, 15) is 0 Å². The van der Waals surface area contributed by atoms with Crippen molar-refractivity contribution in [3.8, 4) is 56.3 Å². The maximum Gasteiger partial charge on any atom is 0.160 e. The van der Waals surface area contributed by atoms with E-state index in [-0.39, 0.29) is 5.41 Å². The molecule has 314 valence electrons. The average molecular weight is 855 g/mol. The second kappa shape index (κ2) is 14.2. The highest BCUT2D eigenvalue weighted by atomic mass is 15.0. The third-order valence-electron chi connectivity index (χ3n) is 14.5. The Hall–Kier alpha value is -8.60. The van der Waals surface area contributed by atoms with Gasteiger partial charge in [0.15, 0.2) is 5.82 Å². The number of aromatic nitrogens is 4. The normalized spacial score (nSPS) is 13.0. The van der Waals surface area contributed by atoms with Crippen molar-refractivity contribution in [2.45, 2.75) is 19.3 Å². The van der Waals surface area contributed by atoms with E-state index in [1.54, 1.807) is 0 Å². The minimum atomic E-state index is -0.0728. The fourth-order valence-electron chi connectivity index (χ4n) is 11.4. The van der Waals surface area contributed by atoms with Gasteiger partial charge in [-0.1, -0.05) is 166 Å². The molecule has 0 spiro atoms. The predicted octanol–water partition coefficient (Wildman–Crippen LogP) is 16.3. The van der Waals surface area contributed by atoms with E-state index in [4.69, 9.17) is 9.97 Å². The molecule has 1 aliphatic carbocycles. The van der Waals surface area contributed by atoms with Crippen molar-refractivity contribution in [1.29, 1.82) is 0 Å². The number of benzene rings is 10. The van der Waals surface area contributed by atoms with Crippen molar-refractivity contribution in [3.63, 3.8) is 0 Å². The summed E-state index contributed by atoms with van der Waals surface area (Å²) in [7, 11) is 0. The summed E-state index contributed by atoms with van der Waals surface area (Å²) in [4.78, 5) is 10.8. The molecule has 0 aliphatic heterocycles. The Morgan fingerprint density at radius 2 is 0.970 bits per heavy atom. The molecule has 13 aromatic rings. The van der Waals surface area contributed by atoms with Crippen LogP contribution in [-0.2, 0) is 5.41 Å². The molecule has 0 unspecified atom stereocenters. The molecule has 0 radical (unpaired) electrons. The van der Waals surface area contributed by atoms with Crippen LogP contribution in [0.15, 0.2) is 218 Å². The highest BCUT2D eigenvalue weighted by molar-refractivity contribution is 6.17. The summed E-state index contributed by atoms with van der Waals surface area (Å²) >= 11 is 0.